The van der Waals surface area contributed by atoms with Gasteiger partial charge < -0.3 is 5.11 Å². The molecule has 2 N–H and O–H groups in total. The quantitative estimate of drug-likeness (QED) is 0.845. The topological polar surface area (TPSA) is 66.4 Å². The average molecular weight is 338 g/mol. The van der Waals surface area contributed by atoms with Crippen LogP contribution < -0.4 is 4.72 Å². The molecule has 112 valence electrons. The van der Waals surface area contributed by atoms with Gasteiger partial charge in [-0.1, -0.05) is 11.6 Å². The zero-order chi connectivity index (χ0) is 15.8. The van der Waals surface area contributed by atoms with E-state index in [9.17, 15) is 26.7 Å². The first kappa shape index (κ1) is 15.5. The SMILES string of the molecule is O=S(=O)(Nc1cc(Cl)c(F)cc1O)c1cc(F)ccc1F. The van der Waals surface area contributed by atoms with Crippen LogP contribution in [0.1, 0.15) is 0 Å². The Balaban J connectivity index is 2.47. The molecule has 2 aromatic carbocycles. The number of hydrogen-bond acceptors (Lipinski definition) is 3. The minimum Gasteiger partial charge on any atom is -0.506 e. The standard InChI is InChI=1S/C12H7ClF3NO3S/c13-7-4-10(11(18)5-9(7)16)17-21(19,20)12-3-6(14)1-2-8(12)15/h1-5,17-18H. The molecular formula is C12H7ClF3NO3S. The molecule has 0 bridgehead atoms. The molecule has 0 radical (unpaired) electrons. The van der Waals surface area contributed by atoms with Gasteiger partial charge in [-0.2, -0.15) is 0 Å². The fourth-order valence-electron chi connectivity index (χ4n) is 1.50. The van der Waals surface area contributed by atoms with E-state index in [0.29, 0.717) is 18.2 Å². The molecule has 0 atom stereocenters. The van der Waals surface area contributed by atoms with Crippen LogP contribution >= 0.6 is 11.6 Å². The molecule has 0 aliphatic rings. The van der Waals surface area contributed by atoms with Gasteiger partial charge >= 0.3 is 0 Å². The van der Waals surface area contributed by atoms with E-state index in [-0.39, 0.29) is 0 Å². The molecule has 0 spiro atoms. The van der Waals surface area contributed by atoms with E-state index < -0.39 is 48.8 Å². The third-order valence-corrected chi connectivity index (χ3v) is 4.14. The molecule has 0 fully saturated rings. The maximum Gasteiger partial charge on any atom is 0.265 e. The molecule has 0 aliphatic heterocycles. The van der Waals surface area contributed by atoms with Crippen LogP contribution in [0.2, 0.25) is 5.02 Å². The summed E-state index contributed by atoms with van der Waals surface area (Å²) in [6.07, 6.45) is 0. The number of benzene rings is 2. The van der Waals surface area contributed by atoms with Crippen molar-refractivity contribution in [1.29, 1.82) is 0 Å². The number of sulfonamides is 1. The van der Waals surface area contributed by atoms with Crippen LogP contribution in [0.15, 0.2) is 35.2 Å². The highest BCUT2D eigenvalue weighted by molar-refractivity contribution is 7.92. The van der Waals surface area contributed by atoms with Crippen molar-refractivity contribution >= 4 is 27.3 Å². The molecule has 21 heavy (non-hydrogen) atoms. The molecule has 0 saturated carbocycles. The summed E-state index contributed by atoms with van der Waals surface area (Å²) < 4.78 is 65.3. The van der Waals surface area contributed by atoms with Crippen molar-refractivity contribution in [1.82, 2.24) is 0 Å². The minimum absolute atomic E-state index is 0.454. The summed E-state index contributed by atoms with van der Waals surface area (Å²) in [6.45, 7) is 0. The van der Waals surface area contributed by atoms with Crippen molar-refractivity contribution in [2.24, 2.45) is 0 Å². The Hall–Kier alpha value is -1.93. The first-order chi connectivity index (χ1) is 9.70. The van der Waals surface area contributed by atoms with Gasteiger partial charge in [-0.05, 0) is 24.3 Å². The molecule has 0 amide bonds. The number of anilines is 1. The number of phenols is 1. The van der Waals surface area contributed by atoms with Gasteiger partial charge in [0, 0.05) is 6.07 Å². The zero-order valence-electron chi connectivity index (χ0n) is 10.1. The second kappa shape index (κ2) is 5.45. The Bertz CT molecular complexity index is 812. The fraction of sp³-hybridized carbons (Fsp3) is 0. The first-order valence-electron chi connectivity index (χ1n) is 5.36. The van der Waals surface area contributed by atoms with E-state index in [2.05, 4.69) is 0 Å². The second-order valence-corrected chi connectivity index (χ2v) is 6.02. The fourth-order valence-corrected chi connectivity index (χ4v) is 2.82. The van der Waals surface area contributed by atoms with E-state index in [4.69, 9.17) is 11.6 Å². The molecule has 0 saturated heterocycles. The predicted octanol–water partition coefficient (Wildman–Crippen LogP) is 3.26. The lowest BCUT2D eigenvalue weighted by molar-refractivity contribution is 0.471. The Kier molecular flexibility index (Phi) is 4.02. The maximum absolute atomic E-state index is 13.5. The Morgan fingerprint density at radius 3 is 2.38 bits per heavy atom. The second-order valence-electron chi connectivity index (χ2n) is 3.96. The summed E-state index contributed by atoms with van der Waals surface area (Å²) in [7, 11) is -4.52. The van der Waals surface area contributed by atoms with Crippen LogP contribution in [0.5, 0.6) is 5.75 Å². The van der Waals surface area contributed by atoms with Crippen LogP contribution in [0.3, 0.4) is 0 Å². The van der Waals surface area contributed by atoms with Crippen molar-refractivity contribution in [3.63, 3.8) is 0 Å². The molecule has 0 aliphatic carbocycles. The van der Waals surface area contributed by atoms with Crippen molar-refractivity contribution in [2.75, 3.05) is 4.72 Å². The van der Waals surface area contributed by atoms with Crippen LogP contribution in [0.25, 0.3) is 0 Å². The van der Waals surface area contributed by atoms with Crippen LogP contribution in [-0.4, -0.2) is 13.5 Å². The molecule has 0 heterocycles. The summed E-state index contributed by atoms with van der Waals surface area (Å²) >= 11 is 5.46. The van der Waals surface area contributed by atoms with Crippen molar-refractivity contribution < 1.29 is 26.7 Å². The van der Waals surface area contributed by atoms with Gasteiger partial charge in [0.2, 0.25) is 0 Å². The summed E-state index contributed by atoms with van der Waals surface area (Å²) in [4.78, 5) is -0.956. The number of nitrogens with one attached hydrogen (secondary N) is 1. The predicted molar refractivity (Wildman–Crippen MR) is 70.2 cm³/mol. The lowest BCUT2D eigenvalue weighted by atomic mass is 10.3. The molecule has 0 unspecified atom stereocenters. The van der Waals surface area contributed by atoms with Gasteiger partial charge in [0.25, 0.3) is 10.0 Å². The van der Waals surface area contributed by atoms with E-state index in [1.54, 1.807) is 4.72 Å². The number of phenolic OH excluding ortho intramolecular Hbond substituents is 1. The van der Waals surface area contributed by atoms with Crippen molar-refractivity contribution in [3.8, 4) is 5.75 Å². The normalized spacial score (nSPS) is 11.4. The molecule has 2 rings (SSSR count). The number of halogens is 4. The Morgan fingerprint density at radius 2 is 1.71 bits per heavy atom. The van der Waals surface area contributed by atoms with Crippen LogP contribution in [0.4, 0.5) is 18.9 Å². The third-order valence-electron chi connectivity index (χ3n) is 2.47. The largest absolute Gasteiger partial charge is 0.506 e. The third kappa shape index (κ3) is 3.22. The Labute approximate surface area is 122 Å². The van der Waals surface area contributed by atoms with Gasteiger partial charge in [0.1, 0.15) is 28.1 Å². The highest BCUT2D eigenvalue weighted by Crippen LogP contribution is 2.31. The highest BCUT2D eigenvalue weighted by atomic mass is 35.5. The molecule has 2 aromatic rings. The first-order valence-corrected chi connectivity index (χ1v) is 7.22. The molecule has 0 aromatic heterocycles. The van der Waals surface area contributed by atoms with Gasteiger partial charge in [-0.15, -0.1) is 0 Å². The summed E-state index contributed by atoms with van der Waals surface area (Å²) in [5.74, 6) is -3.86. The summed E-state index contributed by atoms with van der Waals surface area (Å²) in [5, 5.41) is 9.00. The van der Waals surface area contributed by atoms with E-state index in [0.717, 1.165) is 12.1 Å². The van der Waals surface area contributed by atoms with Gasteiger partial charge in [0.05, 0.1) is 10.7 Å². The van der Waals surface area contributed by atoms with E-state index in [1.807, 2.05) is 0 Å². The lowest BCUT2D eigenvalue weighted by Gasteiger charge is -2.11. The highest BCUT2D eigenvalue weighted by Gasteiger charge is 2.22. The van der Waals surface area contributed by atoms with Gasteiger partial charge in [-0.25, -0.2) is 21.6 Å². The average Bonchev–Trinajstić information content (AvgIpc) is 2.38. The van der Waals surface area contributed by atoms with Crippen LogP contribution in [-0.2, 0) is 10.0 Å². The number of rotatable bonds is 3. The summed E-state index contributed by atoms with van der Waals surface area (Å²) in [5.41, 5.74) is -0.468. The van der Waals surface area contributed by atoms with Crippen molar-refractivity contribution in [3.05, 3.63) is 52.8 Å². The van der Waals surface area contributed by atoms with E-state index in [1.165, 1.54) is 0 Å². The molecule has 4 nitrogen and oxygen atoms in total. The van der Waals surface area contributed by atoms with Crippen LogP contribution in [0, 0.1) is 17.5 Å². The monoisotopic (exact) mass is 337 g/mol. The number of aromatic hydroxyl groups is 1. The number of hydrogen-bond donors (Lipinski definition) is 2. The Morgan fingerprint density at radius 1 is 1.05 bits per heavy atom. The zero-order valence-corrected chi connectivity index (χ0v) is 11.6. The summed E-state index contributed by atoms with van der Waals surface area (Å²) in [6, 6.07) is 3.25. The molecule has 9 heteroatoms. The smallest absolute Gasteiger partial charge is 0.265 e. The van der Waals surface area contributed by atoms with E-state index >= 15 is 0 Å². The lowest BCUT2D eigenvalue weighted by Crippen LogP contribution is -2.15. The molecular weight excluding hydrogens is 331 g/mol. The minimum atomic E-state index is -4.52. The van der Waals surface area contributed by atoms with Gasteiger partial charge in [-0.3, -0.25) is 4.72 Å². The maximum atomic E-state index is 13.5. The van der Waals surface area contributed by atoms with Crippen molar-refractivity contribution in [2.45, 2.75) is 4.90 Å². The van der Waals surface area contributed by atoms with Gasteiger partial charge in [0.15, 0.2) is 0 Å².